The Morgan fingerprint density at radius 3 is 2.27 bits per heavy atom. The second-order valence-electron chi connectivity index (χ2n) is 1.95. The van der Waals surface area contributed by atoms with Gasteiger partial charge in [0.15, 0.2) is 0 Å². The summed E-state index contributed by atoms with van der Waals surface area (Å²) in [6, 6.07) is 0. The van der Waals surface area contributed by atoms with Gasteiger partial charge in [0.25, 0.3) is 5.91 Å². The lowest BCUT2D eigenvalue weighted by Gasteiger charge is -2.13. The third kappa shape index (κ3) is 3.57. The third-order valence-corrected chi connectivity index (χ3v) is 1.09. The van der Waals surface area contributed by atoms with Crippen LogP contribution in [0.3, 0.4) is 0 Å². The first-order valence-electron chi connectivity index (χ1n) is 3.43. The SMILES string of the molecule is CCC(=O)NN(O)C(=O)CC. The van der Waals surface area contributed by atoms with Crippen molar-refractivity contribution < 1.29 is 14.8 Å². The fourth-order valence-corrected chi connectivity index (χ4v) is 0.409. The van der Waals surface area contributed by atoms with E-state index in [1.54, 1.807) is 13.8 Å². The fourth-order valence-electron chi connectivity index (χ4n) is 0.409. The van der Waals surface area contributed by atoms with E-state index in [0.717, 1.165) is 0 Å². The van der Waals surface area contributed by atoms with Gasteiger partial charge in [-0.3, -0.25) is 14.8 Å². The summed E-state index contributed by atoms with van der Waals surface area (Å²) in [7, 11) is 0. The Balaban J connectivity index is 3.77. The van der Waals surface area contributed by atoms with E-state index >= 15 is 0 Å². The van der Waals surface area contributed by atoms with Crippen LogP contribution >= 0.6 is 0 Å². The second-order valence-corrected chi connectivity index (χ2v) is 1.95. The Kier molecular flexibility index (Phi) is 4.21. The molecule has 0 aromatic heterocycles. The van der Waals surface area contributed by atoms with Gasteiger partial charge in [0.05, 0.1) is 0 Å². The molecule has 0 spiro atoms. The van der Waals surface area contributed by atoms with Gasteiger partial charge in [0, 0.05) is 12.8 Å². The molecule has 0 atom stereocenters. The highest BCUT2D eigenvalue weighted by molar-refractivity contribution is 5.80. The quantitative estimate of drug-likeness (QED) is 0.443. The molecule has 64 valence electrons. The van der Waals surface area contributed by atoms with Crippen molar-refractivity contribution in [1.82, 2.24) is 10.6 Å². The summed E-state index contributed by atoms with van der Waals surface area (Å²) in [5.41, 5.74) is 1.98. The molecule has 0 saturated heterocycles. The normalized spacial score (nSPS) is 9.00. The maximum atomic E-state index is 10.6. The van der Waals surface area contributed by atoms with Crippen molar-refractivity contribution in [3.63, 3.8) is 0 Å². The highest BCUT2D eigenvalue weighted by Crippen LogP contribution is 1.85. The zero-order chi connectivity index (χ0) is 8.85. The van der Waals surface area contributed by atoms with Crippen LogP contribution in [0.4, 0.5) is 0 Å². The summed E-state index contributed by atoms with van der Waals surface area (Å²) in [5.74, 6) is -0.930. The first-order chi connectivity index (χ1) is 5.11. The van der Waals surface area contributed by atoms with Gasteiger partial charge in [0.1, 0.15) is 0 Å². The number of hydroxylamine groups is 1. The number of carbonyl (C=O) groups excluding carboxylic acids is 2. The Morgan fingerprint density at radius 1 is 1.36 bits per heavy atom. The first kappa shape index (κ1) is 9.90. The van der Waals surface area contributed by atoms with Gasteiger partial charge in [-0.15, -0.1) is 5.17 Å². The molecule has 0 aliphatic heterocycles. The standard InChI is InChI=1S/C6H12N2O3/c1-3-5(9)7-8(11)6(10)4-2/h11H,3-4H2,1-2H3,(H,7,9). The highest BCUT2D eigenvalue weighted by Gasteiger charge is 2.09. The average Bonchev–Trinajstić information content (AvgIpc) is 2.02. The van der Waals surface area contributed by atoms with E-state index < -0.39 is 11.8 Å². The fraction of sp³-hybridized carbons (Fsp3) is 0.667. The van der Waals surface area contributed by atoms with Gasteiger partial charge >= 0.3 is 0 Å². The van der Waals surface area contributed by atoms with Crippen LogP contribution in [0.2, 0.25) is 0 Å². The van der Waals surface area contributed by atoms with Gasteiger partial charge in [-0.05, 0) is 0 Å². The van der Waals surface area contributed by atoms with Crippen LogP contribution < -0.4 is 5.43 Å². The van der Waals surface area contributed by atoms with Gasteiger partial charge in [0.2, 0.25) is 5.91 Å². The molecule has 0 aromatic rings. The number of hydrogen-bond donors (Lipinski definition) is 2. The molecule has 0 heterocycles. The van der Waals surface area contributed by atoms with E-state index in [2.05, 4.69) is 0 Å². The molecule has 0 aromatic carbocycles. The van der Waals surface area contributed by atoms with E-state index in [4.69, 9.17) is 5.21 Å². The Morgan fingerprint density at radius 2 is 1.91 bits per heavy atom. The summed E-state index contributed by atoms with van der Waals surface area (Å²) >= 11 is 0. The van der Waals surface area contributed by atoms with Crippen LogP contribution in [0, 0.1) is 0 Å². The average molecular weight is 160 g/mol. The monoisotopic (exact) mass is 160 g/mol. The zero-order valence-electron chi connectivity index (χ0n) is 6.63. The number of hydrazine groups is 1. The molecule has 0 unspecified atom stereocenters. The number of rotatable bonds is 2. The summed E-state index contributed by atoms with van der Waals surface area (Å²) < 4.78 is 0. The summed E-state index contributed by atoms with van der Waals surface area (Å²) in [6.45, 7) is 3.21. The van der Waals surface area contributed by atoms with Crippen molar-refractivity contribution in [2.24, 2.45) is 0 Å². The van der Waals surface area contributed by atoms with Gasteiger partial charge < -0.3 is 0 Å². The minimum atomic E-state index is -0.535. The van der Waals surface area contributed by atoms with Gasteiger partial charge in [-0.2, -0.15) is 0 Å². The van der Waals surface area contributed by atoms with Gasteiger partial charge in [-0.25, -0.2) is 5.43 Å². The van der Waals surface area contributed by atoms with Crippen LogP contribution in [0.15, 0.2) is 0 Å². The summed E-state index contributed by atoms with van der Waals surface area (Å²) in [4.78, 5) is 21.2. The van der Waals surface area contributed by atoms with Crippen molar-refractivity contribution in [2.45, 2.75) is 26.7 Å². The van der Waals surface area contributed by atoms with Crippen molar-refractivity contribution in [3.05, 3.63) is 0 Å². The zero-order valence-corrected chi connectivity index (χ0v) is 6.63. The maximum Gasteiger partial charge on any atom is 0.266 e. The summed E-state index contributed by atoms with van der Waals surface area (Å²) in [5, 5.41) is 8.99. The van der Waals surface area contributed by atoms with E-state index in [1.165, 1.54) is 0 Å². The second kappa shape index (κ2) is 4.68. The maximum absolute atomic E-state index is 10.6. The van der Waals surface area contributed by atoms with Crippen LogP contribution in [-0.2, 0) is 9.59 Å². The van der Waals surface area contributed by atoms with Crippen LogP contribution in [0.25, 0.3) is 0 Å². The molecule has 5 heteroatoms. The molecule has 5 nitrogen and oxygen atoms in total. The molecule has 0 aliphatic rings. The molecule has 2 amide bonds. The van der Waals surface area contributed by atoms with E-state index in [9.17, 15) is 9.59 Å². The minimum Gasteiger partial charge on any atom is -0.273 e. The molecule has 2 N–H and O–H groups in total. The molecule has 11 heavy (non-hydrogen) atoms. The Hall–Kier alpha value is -1.10. The number of nitrogens with one attached hydrogen (secondary N) is 1. The molecular weight excluding hydrogens is 148 g/mol. The summed E-state index contributed by atoms with van der Waals surface area (Å²) in [6.07, 6.45) is 0.383. The van der Waals surface area contributed by atoms with Crippen LogP contribution in [-0.4, -0.2) is 22.2 Å². The van der Waals surface area contributed by atoms with E-state index in [0.29, 0.717) is 0 Å². The molecular formula is C6H12N2O3. The minimum absolute atomic E-state index is 0.153. The number of carbonyl (C=O) groups is 2. The number of nitrogens with zero attached hydrogens (tertiary/aromatic N) is 1. The lowest BCUT2D eigenvalue weighted by molar-refractivity contribution is -0.183. The first-order valence-corrected chi connectivity index (χ1v) is 3.43. The lowest BCUT2D eigenvalue weighted by atomic mass is 10.4. The Bertz CT molecular complexity index is 158. The highest BCUT2D eigenvalue weighted by atomic mass is 16.6. The van der Waals surface area contributed by atoms with Crippen molar-refractivity contribution in [3.8, 4) is 0 Å². The smallest absolute Gasteiger partial charge is 0.266 e. The molecule has 0 bridgehead atoms. The molecule has 0 radical (unpaired) electrons. The molecule has 0 fully saturated rings. The predicted octanol–water partition coefficient (Wildman–Crippen LogP) is 0.0554. The van der Waals surface area contributed by atoms with Crippen LogP contribution in [0.1, 0.15) is 26.7 Å². The van der Waals surface area contributed by atoms with Crippen molar-refractivity contribution >= 4 is 11.8 Å². The van der Waals surface area contributed by atoms with Crippen LogP contribution in [0.5, 0.6) is 0 Å². The van der Waals surface area contributed by atoms with Crippen molar-refractivity contribution in [1.29, 1.82) is 0 Å². The van der Waals surface area contributed by atoms with E-state index in [1.807, 2.05) is 5.43 Å². The lowest BCUT2D eigenvalue weighted by Crippen LogP contribution is -2.43. The van der Waals surface area contributed by atoms with Gasteiger partial charge in [-0.1, -0.05) is 13.8 Å². The largest absolute Gasteiger partial charge is 0.273 e. The Labute approximate surface area is 64.9 Å². The van der Waals surface area contributed by atoms with Crippen molar-refractivity contribution in [2.75, 3.05) is 0 Å². The van der Waals surface area contributed by atoms with E-state index in [-0.39, 0.29) is 18.0 Å². The topological polar surface area (TPSA) is 69.6 Å². The third-order valence-electron chi connectivity index (χ3n) is 1.09. The predicted molar refractivity (Wildman–Crippen MR) is 37.4 cm³/mol. The molecule has 0 saturated carbocycles. The molecule has 0 aliphatic carbocycles. The number of amides is 2. The number of hydrogen-bond acceptors (Lipinski definition) is 3. The molecule has 0 rings (SSSR count).